The number of halogens is 3. The fourth-order valence-electron chi connectivity index (χ4n) is 3.12. The standard InChI is InChI=1S/C18H20N6O3S3.C2HF3O2/c25-15(14-11-28-16(20-14)19-12-7-3-1-4-8-12)21-17-22-23-18(29-17)24-30(26,27)13-9-5-2-6-10-13;3-2(4,5)1(6)7/h2,5-6,9-12H,1,3-4,7-8H2,(H,19,20)(H,23,24)(H,21,22,25);(H,6,7). The van der Waals surface area contributed by atoms with Crippen LogP contribution in [-0.4, -0.2) is 52.8 Å². The van der Waals surface area contributed by atoms with Gasteiger partial charge in [-0.3, -0.25) is 14.8 Å². The molecule has 0 bridgehead atoms. The highest BCUT2D eigenvalue weighted by Gasteiger charge is 2.38. The summed E-state index contributed by atoms with van der Waals surface area (Å²) in [6, 6.07) is 8.35. The Hall–Kier alpha value is -3.31. The molecule has 1 aliphatic carbocycles. The summed E-state index contributed by atoms with van der Waals surface area (Å²) >= 11 is 2.31. The molecule has 0 radical (unpaired) electrons. The van der Waals surface area contributed by atoms with Gasteiger partial charge in [-0.05, 0) is 25.0 Å². The summed E-state index contributed by atoms with van der Waals surface area (Å²) in [5, 5.41) is 23.4. The number of thiazole rings is 1. The van der Waals surface area contributed by atoms with E-state index in [0.717, 1.165) is 29.3 Å². The first-order valence-electron chi connectivity index (χ1n) is 10.7. The molecule has 17 heteroatoms. The zero-order chi connectivity index (χ0) is 27.1. The van der Waals surface area contributed by atoms with Crippen LogP contribution in [0.5, 0.6) is 0 Å². The Morgan fingerprint density at radius 2 is 1.62 bits per heavy atom. The van der Waals surface area contributed by atoms with Crippen molar-refractivity contribution in [1.29, 1.82) is 0 Å². The highest BCUT2D eigenvalue weighted by molar-refractivity contribution is 7.93. The second kappa shape index (κ2) is 12.3. The minimum Gasteiger partial charge on any atom is -0.475 e. The van der Waals surface area contributed by atoms with Gasteiger partial charge < -0.3 is 10.4 Å². The van der Waals surface area contributed by atoms with Crippen LogP contribution < -0.4 is 15.4 Å². The SMILES string of the molecule is O=C(Nc1nnc(NS(=O)(=O)c2ccccc2)s1)c1csc(NC2CCCCC2)n1.O=C(O)C(F)(F)F. The van der Waals surface area contributed by atoms with E-state index in [4.69, 9.17) is 9.90 Å². The lowest BCUT2D eigenvalue weighted by atomic mass is 9.96. The van der Waals surface area contributed by atoms with E-state index < -0.39 is 28.1 Å². The number of carboxylic acid groups (broad SMARTS) is 1. The number of benzene rings is 1. The van der Waals surface area contributed by atoms with Gasteiger partial charge in [-0.15, -0.1) is 21.5 Å². The number of hydrogen-bond donors (Lipinski definition) is 4. The molecule has 37 heavy (non-hydrogen) atoms. The number of anilines is 3. The van der Waals surface area contributed by atoms with Crippen LogP contribution in [-0.2, 0) is 14.8 Å². The molecule has 0 unspecified atom stereocenters. The normalized spacial score (nSPS) is 14.2. The molecule has 1 amide bonds. The molecular formula is C20H21F3N6O5S3. The number of rotatable bonds is 7. The van der Waals surface area contributed by atoms with Crippen LogP contribution >= 0.6 is 22.7 Å². The van der Waals surface area contributed by atoms with E-state index in [0.29, 0.717) is 6.04 Å². The molecular weight excluding hydrogens is 557 g/mol. The van der Waals surface area contributed by atoms with E-state index >= 15 is 0 Å². The van der Waals surface area contributed by atoms with E-state index in [1.165, 1.54) is 42.7 Å². The van der Waals surface area contributed by atoms with Crippen molar-refractivity contribution in [3.8, 4) is 0 Å². The molecule has 0 spiro atoms. The van der Waals surface area contributed by atoms with Crippen LogP contribution in [0, 0.1) is 0 Å². The maximum Gasteiger partial charge on any atom is 0.490 e. The van der Waals surface area contributed by atoms with Crippen molar-refractivity contribution in [2.75, 3.05) is 15.4 Å². The average Bonchev–Trinajstić information content (AvgIpc) is 3.49. The summed E-state index contributed by atoms with van der Waals surface area (Å²) in [7, 11) is -3.77. The van der Waals surface area contributed by atoms with Gasteiger partial charge in [-0.1, -0.05) is 48.8 Å². The molecule has 0 aliphatic heterocycles. The molecule has 2 heterocycles. The monoisotopic (exact) mass is 578 g/mol. The molecule has 1 aliphatic rings. The number of amides is 1. The summed E-state index contributed by atoms with van der Waals surface area (Å²) in [6.07, 6.45) is 0.851. The zero-order valence-corrected chi connectivity index (χ0v) is 21.3. The van der Waals surface area contributed by atoms with Gasteiger partial charge in [0.1, 0.15) is 5.69 Å². The highest BCUT2D eigenvalue weighted by Crippen LogP contribution is 2.26. The summed E-state index contributed by atoms with van der Waals surface area (Å²) in [5.41, 5.74) is 0.278. The van der Waals surface area contributed by atoms with E-state index in [1.807, 2.05) is 0 Å². The van der Waals surface area contributed by atoms with E-state index in [-0.39, 0.29) is 20.9 Å². The molecule has 200 valence electrons. The smallest absolute Gasteiger partial charge is 0.475 e. The first-order chi connectivity index (χ1) is 17.4. The van der Waals surface area contributed by atoms with Gasteiger partial charge in [0, 0.05) is 11.4 Å². The maximum atomic E-state index is 12.4. The third-order valence-corrected chi connectivity index (χ3v) is 7.84. The molecule has 2 aromatic heterocycles. The molecule has 11 nitrogen and oxygen atoms in total. The number of hydrogen-bond acceptors (Lipinski definition) is 10. The van der Waals surface area contributed by atoms with Crippen molar-refractivity contribution in [3.63, 3.8) is 0 Å². The molecule has 0 atom stereocenters. The number of aliphatic carboxylic acids is 1. The number of carbonyl (C=O) groups is 2. The summed E-state index contributed by atoms with van der Waals surface area (Å²) in [6.45, 7) is 0. The van der Waals surface area contributed by atoms with Crippen LogP contribution in [0.2, 0.25) is 0 Å². The first kappa shape index (κ1) is 28.3. The van der Waals surface area contributed by atoms with Crippen LogP contribution in [0.1, 0.15) is 42.6 Å². The summed E-state index contributed by atoms with van der Waals surface area (Å²) in [4.78, 5) is 25.8. The lowest BCUT2D eigenvalue weighted by Crippen LogP contribution is -2.22. The second-order valence-electron chi connectivity index (χ2n) is 7.61. The van der Waals surface area contributed by atoms with E-state index in [9.17, 15) is 26.4 Å². The fraction of sp³-hybridized carbons (Fsp3) is 0.350. The van der Waals surface area contributed by atoms with Crippen molar-refractivity contribution in [1.82, 2.24) is 15.2 Å². The number of nitrogens with zero attached hydrogens (tertiary/aromatic N) is 3. The average molecular weight is 579 g/mol. The van der Waals surface area contributed by atoms with Crippen molar-refractivity contribution in [3.05, 3.63) is 41.4 Å². The molecule has 4 N–H and O–H groups in total. The first-order valence-corrected chi connectivity index (χ1v) is 13.9. The quantitative estimate of drug-likeness (QED) is 0.318. The van der Waals surface area contributed by atoms with Crippen LogP contribution in [0.4, 0.5) is 28.6 Å². The van der Waals surface area contributed by atoms with Gasteiger partial charge in [0.25, 0.3) is 15.9 Å². The Labute approximate surface area is 217 Å². The maximum absolute atomic E-state index is 12.4. The van der Waals surface area contributed by atoms with Crippen LogP contribution in [0.25, 0.3) is 0 Å². The van der Waals surface area contributed by atoms with E-state index in [2.05, 4.69) is 30.5 Å². The van der Waals surface area contributed by atoms with Gasteiger partial charge in [0.15, 0.2) is 5.13 Å². The van der Waals surface area contributed by atoms with Crippen molar-refractivity contribution >= 4 is 60.0 Å². The lowest BCUT2D eigenvalue weighted by Gasteiger charge is -2.22. The number of sulfonamides is 1. The van der Waals surface area contributed by atoms with E-state index in [1.54, 1.807) is 23.6 Å². The third kappa shape index (κ3) is 8.64. The summed E-state index contributed by atoms with van der Waals surface area (Å²) < 4.78 is 58.8. The number of alkyl halides is 3. The Morgan fingerprint density at radius 3 is 2.24 bits per heavy atom. The third-order valence-electron chi connectivity index (χ3n) is 4.83. The molecule has 4 rings (SSSR count). The topological polar surface area (TPSA) is 163 Å². The van der Waals surface area contributed by atoms with Crippen molar-refractivity contribution in [2.45, 2.75) is 49.2 Å². The second-order valence-corrected chi connectivity index (χ2v) is 11.1. The number of carbonyl (C=O) groups excluding carboxylic acids is 1. The fourth-order valence-corrected chi connectivity index (χ4v) is 5.77. The molecule has 3 aromatic rings. The predicted molar refractivity (Wildman–Crippen MR) is 131 cm³/mol. The molecule has 1 saturated carbocycles. The molecule has 1 fully saturated rings. The summed E-state index contributed by atoms with van der Waals surface area (Å²) in [5.74, 6) is -3.18. The molecule has 1 aromatic carbocycles. The Morgan fingerprint density at radius 1 is 1.00 bits per heavy atom. The number of carboxylic acids is 1. The van der Waals surface area contributed by atoms with Gasteiger partial charge in [-0.25, -0.2) is 18.2 Å². The van der Waals surface area contributed by atoms with Gasteiger partial charge in [0.05, 0.1) is 4.90 Å². The van der Waals surface area contributed by atoms with Gasteiger partial charge in [-0.2, -0.15) is 13.2 Å². The van der Waals surface area contributed by atoms with Crippen molar-refractivity contribution in [2.24, 2.45) is 0 Å². The number of nitrogens with one attached hydrogen (secondary N) is 3. The highest BCUT2D eigenvalue weighted by atomic mass is 32.2. The van der Waals surface area contributed by atoms with Crippen molar-refractivity contribution < 1.29 is 36.3 Å². The predicted octanol–water partition coefficient (Wildman–Crippen LogP) is 4.43. The van der Waals surface area contributed by atoms with Gasteiger partial charge in [0.2, 0.25) is 10.3 Å². The zero-order valence-electron chi connectivity index (χ0n) is 18.9. The minimum absolute atomic E-state index is 0.0621. The lowest BCUT2D eigenvalue weighted by molar-refractivity contribution is -0.192. The van der Waals surface area contributed by atoms with Crippen LogP contribution in [0.15, 0.2) is 40.6 Å². The minimum atomic E-state index is -5.08. The van der Waals surface area contributed by atoms with Crippen LogP contribution in [0.3, 0.4) is 0 Å². The molecule has 0 saturated heterocycles. The Bertz CT molecular complexity index is 1310. The number of aromatic nitrogens is 3. The largest absolute Gasteiger partial charge is 0.490 e. The Kier molecular flexibility index (Phi) is 9.39. The van der Waals surface area contributed by atoms with Gasteiger partial charge >= 0.3 is 12.1 Å². The Balaban J connectivity index is 0.000000479.